The first-order valence-electron chi connectivity index (χ1n) is 8.77. The van der Waals surface area contributed by atoms with Crippen LogP contribution in [-0.2, 0) is 9.53 Å². The highest BCUT2D eigenvalue weighted by molar-refractivity contribution is 5.98. The molecule has 2 aliphatic heterocycles. The highest BCUT2D eigenvalue weighted by Crippen LogP contribution is 2.34. The van der Waals surface area contributed by atoms with Crippen LogP contribution < -0.4 is 19.7 Å². The van der Waals surface area contributed by atoms with E-state index in [9.17, 15) is 9.59 Å². The number of anilines is 2. The topological polar surface area (TPSA) is 90.0 Å². The third kappa shape index (κ3) is 3.79. The maximum Gasteiger partial charge on any atom is 0.342 e. The number of aromatic nitrogens is 1. The molecule has 8 heteroatoms. The molecule has 27 heavy (non-hydrogen) atoms. The van der Waals surface area contributed by atoms with E-state index in [-0.39, 0.29) is 13.4 Å². The quantitative estimate of drug-likeness (QED) is 0.808. The van der Waals surface area contributed by atoms with Crippen molar-refractivity contribution in [3.63, 3.8) is 0 Å². The maximum absolute atomic E-state index is 12.4. The van der Waals surface area contributed by atoms with Crippen LogP contribution in [0.2, 0.25) is 0 Å². The normalized spacial score (nSPS) is 14.9. The van der Waals surface area contributed by atoms with Gasteiger partial charge in [-0.3, -0.25) is 4.79 Å². The van der Waals surface area contributed by atoms with Crippen molar-refractivity contribution in [2.24, 2.45) is 0 Å². The lowest BCUT2D eigenvalue weighted by atomic mass is 10.2. The number of esters is 1. The third-order valence-electron chi connectivity index (χ3n) is 4.40. The predicted octanol–water partition coefficient (Wildman–Crippen LogP) is 2.21. The van der Waals surface area contributed by atoms with E-state index in [0.717, 1.165) is 25.9 Å². The summed E-state index contributed by atoms with van der Waals surface area (Å²) in [4.78, 5) is 30.9. The molecule has 0 bridgehead atoms. The Kier molecular flexibility index (Phi) is 4.78. The summed E-state index contributed by atoms with van der Waals surface area (Å²) in [6.45, 7) is 1.50. The van der Waals surface area contributed by atoms with Gasteiger partial charge in [-0.2, -0.15) is 0 Å². The van der Waals surface area contributed by atoms with Gasteiger partial charge in [0.05, 0.1) is 0 Å². The molecule has 0 radical (unpaired) electrons. The second-order valence-corrected chi connectivity index (χ2v) is 6.26. The molecule has 1 aromatic carbocycles. The molecule has 1 aromatic heterocycles. The van der Waals surface area contributed by atoms with Gasteiger partial charge in [0.2, 0.25) is 6.79 Å². The fraction of sp³-hybridized carbons (Fsp3) is 0.316. The zero-order valence-corrected chi connectivity index (χ0v) is 14.6. The highest BCUT2D eigenvalue weighted by Gasteiger charge is 2.22. The van der Waals surface area contributed by atoms with Gasteiger partial charge in [0.1, 0.15) is 11.4 Å². The van der Waals surface area contributed by atoms with Gasteiger partial charge in [0.25, 0.3) is 5.91 Å². The largest absolute Gasteiger partial charge is 0.454 e. The molecule has 140 valence electrons. The van der Waals surface area contributed by atoms with Crippen LogP contribution in [0.4, 0.5) is 11.5 Å². The first kappa shape index (κ1) is 17.1. The summed E-state index contributed by atoms with van der Waals surface area (Å²) in [7, 11) is 0. The molecule has 0 atom stereocenters. The second kappa shape index (κ2) is 7.53. The number of benzene rings is 1. The van der Waals surface area contributed by atoms with Crippen LogP contribution in [0.5, 0.6) is 11.5 Å². The maximum atomic E-state index is 12.4. The molecule has 0 unspecified atom stereocenters. The number of hydrogen-bond acceptors (Lipinski definition) is 7. The van der Waals surface area contributed by atoms with Gasteiger partial charge in [0, 0.05) is 31.0 Å². The van der Waals surface area contributed by atoms with E-state index in [1.165, 1.54) is 0 Å². The Bertz CT molecular complexity index is 864. The molecular formula is C19H19N3O5. The fourth-order valence-corrected chi connectivity index (χ4v) is 3.12. The van der Waals surface area contributed by atoms with Crippen LogP contribution >= 0.6 is 0 Å². The van der Waals surface area contributed by atoms with Crippen LogP contribution in [0, 0.1) is 0 Å². The lowest BCUT2D eigenvalue weighted by Crippen LogP contribution is -2.24. The summed E-state index contributed by atoms with van der Waals surface area (Å²) in [5.74, 6) is 0.803. The van der Waals surface area contributed by atoms with Crippen molar-refractivity contribution in [1.29, 1.82) is 0 Å². The minimum absolute atomic E-state index is 0.162. The first-order chi connectivity index (χ1) is 13.2. The van der Waals surface area contributed by atoms with Gasteiger partial charge in [-0.15, -0.1) is 0 Å². The van der Waals surface area contributed by atoms with Gasteiger partial charge < -0.3 is 24.4 Å². The lowest BCUT2D eigenvalue weighted by molar-refractivity contribution is -0.119. The number of rotatable bonds is 5. The van der Waals surface area contributed by atoms with E-state index < -0.39 is 11.9 Å². The average Bonchev–Trinajstić information content (AvgIpc) is 3.37. The zero-order chi connectivity index (χ0) is 18.6. The number of fused-ring (bicyclic) bond motifs is 1. The van der Waals surface area contributed by atoms with Crippen molar-refractivity contribution in [1.82, 2.24) is 4.98 Å². The Balaban J connectivity index is 1.36. The van der Waals surface area contributed by atoms with Crippen LogP contribution in [-0.4, -0.2) is 43.3 Å². The number of amides is 1. The van der Waals surface area contributed by atoms with Crippen molar-refractivity contribution < 1.29 is 23.8 Å². The van der Waals surface area contributed by atoms with Gasteiger partial charge in [-0.25, -0.2) is 9.78 Å². The summed E-state index contributed by atoms with van der Waals surface area (Å²) in [5, 5.41) is 2.67. The Morgan fingerprint density at radius 2 is 1.96 bits per heavy atom. The Morgan fingerprint density at radius 3 is 2.81 bits per heavy atom. The van der Waals surface area contributed by atoms with E-state index in [0.29, 0.717) is 28.6 Å². The van der Waals surface area contributed by atoms with Crippen molar-refractivity contribution in [3.8, 4) is 11.5 Å². The average molecular weight is 369 g/mol. The van der Waals surface area contributed by atoms with Crippen LogP contribution in [0.15, 0.2) is 36.5 Å². The smallest absolute Gasteiger partial charge is 0.342 e. The first-order valence-corrected chi connectivity index (χ1v) is 8.77. The molecule has 0 saturated carbocycles. The van der Waals surface area contributed by atoms with Crippen LogP contribution in [0.25, 0.3) is 0 Å². The Morgan fingerprint density at radius 1 is 1.15 bits per heavy atom. The van der Waals surface area contributed by atoms with Crippen LogP contribution in [0.1, 0.15) is 23.2 Å². The summed E-state index contributed by atoms with van der Waals surface area (Å²) in [6.07, 6.45) is 3.79. The summed E-state index contributed by atoms with van der Waals surface area (Å²) in [6, 6.07) is 8.41. The highest BCUT2D eigenvalue weighted by atomic mass is 16.7. The molecule has 8 nitrogen and oxygen atoms in total. The number of carbonyl (C=O) groups excluding carboxylic acids is 2. The molecule has 2 aliphatic rings. The number of hydrogen-bond donors (Lipinski definition) is 1. The number of nitrogens with one attached hydrogen (secondary N) is 1. The van der Waals surface area contributed by atoms with Crippen molar-refractivity contribution in [2.75, 3.05) is 36.7 Å². The molecule has 2 aromatic rings. The monoisotopic (exact) mass is 369 g/mol. The number of carbonyl (C=O) groups is 2. The molecule has 0 spiro atoms. The molecule has 3 heterocycles. The van der Waals surface area contributed by atoms with Crippen molar-refractivity contribution in [2.45, 2.75) is 12.8 Å². The van der Waals surface area contributed by atoms with Crippen molar-refractivity contribution >= 4 is 23.4 Å². The Labute approximate surface area is 156 Å². The van der Waals surface area contributed by atoms with E-state index in [4.69, 9.17) is 14.2 Å². The molecular weight excluding hydrogens is 350 g/mol. The van der Waals surface area contributed by atoms with Gasteiger partial charge in [0.15, 0.2) is 18.1 Å². The fourth-order valence-electron chi connectivity index (χ4n) is 3.12. The lowest BCUT2D eigenvalue weighted by Gasteiger charge is -2.18. The summed E-state index contributed by atoms with van der Waals surface area (Å²) < 4.78 is 15.7. The summed E-state index contributed by atoms with van der Waals surface area (Å²) in [5.41, 5.74) is 0.912. The van der Waals surface area contributed by atoms with Gasteiger partial charge in [-0.05, 0) is 37.1 Å². The number of nitrogens with zero attached hydrogens (tertiary/aromatic N) is 2. The summed E-state index contributed by atoms with van der Waals surface area (Å²) >= 11 is 0. The zero-order valence-electron chi connectivity index (χ0n) is 14.6. The second-order valence-electron chi connectivity index (χ2n) is 6.26. The predicted molar refractivity (Wildman–Crippen MR) is 97.2 cm³/mol. The minimum Gasteiger partial charge on any atom is -0.454 e. The van der Waals surface area contributed by atoms with Crippen LogP contribution in [0.3, 0.4) is 0 Å². The molecule has 1 N–H and O–H groups in total. The van der Waals surface area contributed by atoms with Gasteiger partial charge >= 0.3 is 5.97 Å². The number of pyridine rings is 1. The van der Waals surface area contributed by atoms with Crippen molar-refractivity contribution in [3.05, 3.63) is 42.1 Å². The SMILES string of the molecule is O=C(COC(=O)c1cccnc1N1CCCC1)Nc1ccc2c(c1)OCO2. The Hall–Kier alpha value is -3.29. The van der Waals surface area contributed by atoms with E-state index in [2.05, 4.69) is 15.2 Å². The molecule has 1 saturated heterocycles. The molecule has 1 fully saturated rings. The number of ether oxygens (including phenoxy) is 3. The third-order valence-corrected chi connectivity index (χ3v) is 4.40. The van der Waals surface area contributed by atoms with E-state index in [1.54, 1.807) is 36.5 Å². The molecule has 0 aliphatic carbocycles. The van der Waals surface area contributed by atoms with E-state index >= 15 is 0 Å². The molecule has 1 amide bonds. The van der Waals surface area contributed by atoms with E-state index in [1.807, 2.05) is 0 Å². The standard InChI is InChI=1S/C19H19N3O5/c23-17(21-13-5-6-15-16(10-13)27-12-26-15)11-25-19(24)14-4-3-7-20-18(14)22-8-1-2-9-22/h3-7,10H,1-2,8-9,11-12H2,(H,21,23). The molecule has 4 rings (SSSR count). The minimum atomic E-state index is -0.564. The van der Waals surface area contributed by atoms with Gasteiger partial charge in [-0.1, -0.05) is 0 Å².